The first-order valence-corrected chi connectivity index (χ1v) is 11.3. The number of hydrazone groups is 1. The summed E-state index contributed by atoms with van der Waals surface area (Å²) in [5, 5.41) is 9.94. The summed E-state index contributed by atoms with van der Waals surface area (Å²) in [6.45, 7) is 3.17. The lowest BCUT2D eigenvalue weighted by molar-refractivity contribution is 0.709. The molecule has 6 rings (SSSR count). The Morgan fingerprint density at radius 2 is 1.44 bits per heavy atom. The van der Waals surface area contributed by atoms with E-state index in [9.17, 15) is 0 Å². The molecule has 156 valence electrons. The molecule has 1 aliphatic heterocycles. The van der Waals surface area contributed by atoms with Gasteiger partial charge in [0, 0.05) is 34.8 Å². The third-order valence-corrected chi connectivity index (χ3v) is 6.54. The topological polar surface area (TPSA) is 20.5 Å². The van der Waals surface area contributed by atoms with Gasteiger partial charge < -0.3 is 4.57 Å². The third kappa shape index (κ3) is 3.01. The van der Waals surface area contributed by atoms with Gasteiger partial charge in [-0.05, 0) is 48.4 Å². The molecule has 0 spiro atoms. The van der Waals surface area contributed by atoms with Gasteiger partial charge in [0.1, 0.15) is 0 Å². The number of benzene rings is 4. The monoisotopic (exact) mass is 415 g/mol. The molecule has 0 radical (unpaired) electrons. The number of anilines is 1. The van der Waals surface area contributed by atoms with E-state index in [0.29, 0.717) is 0 Å². The standard InChI is InChI=1S/C29H25N3/c1-2-31-27-16-10-9-15-24(27)25-19-22(17-18-28(25)31)26-20-29(21-11-5-3-6-12-21)32(30-26)23-13-7-4-8-14-23/h3-19,29H,2,20H2,1H3. The van der Waals surface area contributed by atoms with Crippen LogP contribution in [0.2, 0.25) is 0 Å². The second kappa shape index (κ2) is 7.69. The molecular weight excluding hydrogens is 390 g/mol. The molecular formula is C29H25N3. The van der Waals surface area contributed by atoms with Crippen LogP contribution in [0.4, 0.5) is 5.69 Å². The van der Waals surface area contributed by atoms with Gasteiger partial charge in [0.15, 0.2) is 0 Å². The molecule has 1 atom stereocenters. The van der Waals surface area contributed by atoms with Gasteiger partial charge in [0.2, 0.25) is 0 Å². The highest BCUT2D eigenvalue weighted by Gasteiger charge is 2.30. The maximum atomic E-state index is 5.14. The second-order valence-corrected chi connectivity index (χ2v) is 8.35. The van der Waals surface area contributed by atoms with E-state index < -0.39 is 0 Å². The first-order chi connectivity index (χ1) is 15.8. The Balaban J connectivity index is 1.48. The van der Waals surface area contributed by atoms with Gasteiger partial charge in [-0.1, -0.05) is 72.8 Å². The van der Waals surface area contributed by atoms with E-state index in [1.165, 1.54) is 32.9 Å². The summed E-state index contributed by atoms with van der Waals surface area (Å²) in [5.74, 6) is 0. The molecule has 4 aromatic carbocycles. The summed E-state index contributed by atoms with van der Waals surface area (Å²) in [4.78, 5) is 0. The van der Waals surface area contributed by atoms with Crippen LogP contribution in [-0.2, 0) is 6.54 Å². The van der Waals surface area contributed by atoms with E-state index in [-0.39, 0.29) is 6.04 Å². The zero-order chi connectivity index (χ0) is 21.5. The van der Waals surface area contributed by atoms with Gasteiger partial charge >= 0.3 is 0 Å². The van der Waals surface area contributed by atoms with Gasteiger partial charge in [-0.2, -0.15) is 5.10 Å². The highest BCUT2D eigenvalue weighted by molar-refractivity contribution is 6.12. The van der Waals surface area contributed by atoms with Crippen LogP contribution in [-0.4, -0.2) is 10.3 Å². The fraction of sp³-hybridized carbons (Fsp3) is 0.138. The lowest BCUT2D eigenvalue weighted by atomic mass is 9.97. The van der Waals surface area contributed by atoms with E-state index in [1.807, 2.05) is 0 Å². The third-order valence-electron chi connectivity index (χ3n) is 6.54. The van der Waals surface area contributed by atoms with Crippen LogP contribution >= 0.6 is 0 Å². The van der Waals surface area contributed by atoms with E-state index in [1.54, 1.807) is 0 Å². The molecule has 0 fully saturated rings. The lowest BCUT2D eigenvalue weighted by Gasteiger charge is -2.23. The van der Waals surface area contributed by atoms with Crippen molar-refractivity contribution in [3.8, 4) is 0 Å². The molecule has 3 heteroatoms. The molecule has 1 unspecified atom stereocenters. The van der Waals surface area contributed by atoms with Crippen LogP contribution in [0.1, 0.15) is 30.5 Å². The highest BCUT2D eigenvalue weighted by Crippen LogP contribution is 2.37. The Labute approximate surface area is 188 Å². The van der Waals surface area contributed by atoms with Crippen molar-refractivity contribution < 1.29 is 0 Å². The average Bonchev–Trinajstić information content (AvgIpc) is 3.45. The van der Waals surface area contributed by atoms with Crippen molar-refractivity contribution in [2.45, 2.75) is 25.9 Å². The predicted molar refractivity (Wildman–Crippen MR) is 134 cm³/mol. The molecule has 0 bridgehead atoms. The minimum absolute atomic E-state index is 0.196. The molecule has 1 aromatic heterocycles. The van der Waals surface area contributed by atoms with Crippen LogP contribution in [0, 0.1) is 0 Å². The van der Waals surface area contributed by atoms with Gasteiger partial charge in [-0.3, -0.25) is 5.01 Å². The van der Waals surface area contributed by atoms with Crippen molar-refractivity contribution >= 4 is 33.2 Å². The van der Waals surface area contributed by atoms with Crippen molar-refractivity contribution in [1.82, 2.24) is 4.57 Å². The Morgan fingerprint density at radius 3 is 2.22 bits per heavy atom. The van der Waals surface area contributed by atoms with Crippen LogP contribution in [0.5, 0.6) is 0 Å². The minimum Gasteiger partial charge on any atom is -0.341 e. The minimum atomic E-state index is 0.196. The molecule has 2 heterocycles. The molecule has 0 saturated carbocycles. The quantitative estimate of drug-likeness (QED) is 0.305. The first-order valence-electron chi connectivity index (χ1n) is 11.3. The molecule has 5 aromatic rings. The summed E-state index contributed by atoms with van der Waals surface area (Å²) < 4.78 is 2.40. The van der Waals surface area contributed by atoms with E-state index >= 15 is 0 Å². The van der Waals surface area contributed by atoms with Crippen molar-refractivity contribution in [2.24, 2.45) is 5.10 Å². The number of aryl methyl sites for hydroxylation is 1. The number of para-hydroxylation sites is 2. The Kier molecular flexibility index (Phi) is 4.53. The zero-order valence-corrected chi connectivity index (χ0v) is 18.1. The normalized spacial score (nSPS) is 16.1. The van der Waals surface area contributed by atoms with Crippen molar-refractivity contribution in [2.75, 3.05) is 5.01 Å². The maximum Gasteiger partial charge on any atom is 0.0831 e. The Hall–Kier alpha value is -3.85. The number of fused-ring (bicyclic) bond motifs is 3. The smallest absolute Gasteiger partial charge is 0.0831 e. The number of hydrogen-bond donors (Lipinski definition) is 0. The Bertz CT molecular complexity index is 1430. The molecule has 0 amide bonds. The first kappa shape index (κ1) is 18.9. The SMILES string of the molecule is CCn1c2ccccc2c2cc(C3=NN(c4ccccc4)C(c4ccccc4)C3)ccc21. The van der Waals surface area contributed by atoms with Gasteiger partial charge in [0.25, 0.3) is 0 Å². The molecule has 32 heavy (non-hydrogen) atoms. The van der Waals surface area contributed by atoms with E-state index in [2.05, 4.69) is 120 Å². The molecule has 1 aliphatic rings. The number of aromatic nitrogens is 1. The fourth-order valence-corrected chi connectivity index (χ4v) is 5.01. The highest BCUT2D eigenvalue weighted by atomic mass is 15.5. The lowest BCUT2D eigenvalue weighted by Crippen LogP contribution is -2.18. The van der Waals surface area contributed by atoms with Crippen molar-refractivity contribution in [1.29, 1.82) is 0 Å². The van der Waals surface area contributed by atoms with Gasteiger partial charge in [-0.25, -0.2) is 0 Å². The molecule has 0 aliphatic carbocycles. The Morgan fingerprint density at radius 1 is 0.750 bits per heavy atom. The largest absolute Gasteiger partial charge is 0.341 e. The second-order valence-electron chi connectivity index (χ2n) is 8.35. The summed E-state index contributed by atoms with van der Waals surface area (Å²) in [7, 11) is 0. The predicted octanol–water partition coefficient (Wildman–Crippen LogP) is 7.17. The van der Waals surface area contributed by atoms with Crippen LogP contribution in [0.25, 0.3) is 21.8 Å². The zero-order valence-electron chi connectivity index (χ0n) is 18.1. The van der Waals surface area contributed by atoms with Gasteiger partial charge in [0.05, 0.1) is 17.4 Å². The van der Waals surface area contributed by atoms with Crippen LogP contribution < -0.4 is 5.01 Å². The van der Waals surface area contributed by atoms with Crippen LogP contribution in [0.15, 0.2) is 108 Å². The fourth-order valence-electron chi connectivity index (χ4n) is 5.01. The van der Waals surface area contributed by atoms with Gasteiger partial charge in [-0.15, -0.1) is 0 Å². The summed E-state index contributed by atoms with van der Waals surface area (Å²) in [5.41, 5.74) is 7.34. The van der Waals surface area contributed by atoms with Crippen molar-refractivity contribution in [3.63, 3.8) is 0 Å². The number of rotatable bonds is 4. The molecule has 0 N–H and O–H groups in total. The maximum absolute atomic E-state index is 5.14. The molecule has 0 saturated heterocycles. The molecule has 3 nitrogen and oxygen atoms in total. The van der Waals surface area contributed by atoms with Crippen molar-refractivity contribution in [3.05, 3.63) is 114 Å². The summed E-state index contributed by atoms with van der Waals surface area (Å²) in [6, 6.07) is 36.9. The van der Waals surface area contributed by atoms with Crippen LogP contribution in [0.3, 0.4) is 0 Å². The number of nitrogens with zero attached hydrogens (tertiary/aromatic N) is 3. The summed E-state index contributed by atoms with van der Waals surface area (Å²) in [6.07, 6.45) is 0.886. The van der Waals surface area contributed by atoms with E-state index in [0.717, 1.165) is 24.4 Å². The number of hydrogen-bond acceptors (Lipinski definition) is 2. The average molecular weight is 416 g/mol. The van der Waals surface area contributed by atoms with E-state index in [4.69, 9.17) is 5.10 Å². The summed E-state index contributed by atoms with van der Waals surface area (Å²) >= 11 is 0.